The molecule has 1 aromatic carbocycles. The van der Waals surface area contributed by atoms with Gasteiger partial charge in [0.15, 0.2) is 0 Å². The lowest BCUT2D eigenvalue weighted by atomic mass is 10.0. The van der Waals surface area contributed by atoms with Crippen LogP contribution in [0, 0.1) is 5.92 Å². The van der Waals surface area contributed by atoms with Crippen molar-refractivity contribution in [3.8, 4) is 5.75 Å². The summed E-state index contributed by atoms with van der Waals surface area (Å²) < 4.78 is 44.0. The van der Waals surface area contributed by atoms with E-state index in [4.69, 9.17) is 4.74 Å². The van der Waals surface area contributed by atoms with E-state index >= 15 is 0 Å². The Morgan fingerprint density at radius 2 is 2.04 bits per heavy atom. The average molecular weight is 328 g/mol. The van der Waals surface area contributed by atoms with Gasteiger partial charge in [0.25, 0.3) is 0 Å². The maximum atomic E-state index is 13.0. The van der Waals surface area contributed by atoms with Crippen LogP contribution in [0.15, 0.2) is 23.8 Å². The van der Waals surface area contributed by atoms with Crippen molar-refractivity contribution in [3.05, 3.63) is 29.3 Å². The molecule has 4 nitrogen and oxygen atoms in total. The molecule has 0 unspecified atom stereocenters. The smallest absolute Gasteiger partial charge is 0.429 e. The maximum absolute atomic E-state index is 13.0. The molecule has 1 aliphatic heterocycles. The van der Waals surface area contributed by atoms with E-state index in [1.165, 1.54) is 12.1 Å². The van der Waals surface area contributed by atoms with Crippen LogP contribution >= 0.6 is 0 Å². The number of carbonyl (C=O) groups excluding carboxylic acids is 1. The molecular weight excluding hydrogens is 311 g/mol. The molecule has 126 valence electrons. The van der Waals surface area contributed by atoms with Gasteiger partial charge in [0.1, 0.15) is 5.75 Å². The first-order valence-electron chi connectivity index (χ1n) is 7.11. The summed E-state index contributed by atoms with van der Waals surface area (Å²) >= 11 is 0. The standard InChI is InChI=1S/C16H18F3NO3/c1-9(2)8-20(3)11-5-4-10-6-12(15(21)22)14(16(17,18)19)23-13(10)7-11/h4-7,9,14H,8H2,1-3H3,(H,21,22)/p-1/t14-/m1/s1. The third kappa shape index (κ3) is 3.78. The summed E-state index contributed by atoms with van der Waals surface area (Å²) in [6.45, 7) is 4.78. The van der Waals surface area contributed by atoms with E-state index < -0.39 is 23.8 Å². The van der Waals surface area contributed by atoms with Gasteiger partial charge < -0.3 is 19.5 Å². The number of hydrogen-bond donors (Lipinski definition) is 0. The van der Waals surface area contributed by atoms with Gasteiger partial charge in [0, 0.05) is 36.5 Å². The summed E-state index contributed by atoms with van der Waals surface area (Å²) in [7, 11) is 1.83. The molecule has 7 heteroatoms. The number of halogens is 3. The summed E-state index contributed by atoms with van der Waals surface area (Å²) in [4.78, 5) is 12.8. The highest BCUT2D eigenvalue weighted by atomic mass is 19.4. The second-order valence-corrected chi connectivity index (χ2v) is 5.92. The summed E-state index contributed by atoms with van der Waals surface area (Å²) in [5.41, 5.74) is 0.0587. The highest BCUT2D eigenvalue weighted by molar-refractivity contribution is 5.93. The molecule has 0 fully saturated rings. The Kier molecular flexibility index (Phi) is 4.58. The molecule has 1 heterocycles. The Morgan fingerprint density at radius 1 is 1.39 bits per heavy atom. The molecule has 0 radical (unpaired) electrons. The predicted octanol–water partition coefficient (Wildman–Crippen LogP) is 2.24. The van der Waals surface area contributed by atoms with Crippen LogP contribution in [0.2, 0.25) is 0 Å². The first-order valence-corrected chi connectivity index (χ1v) is 7.11. The minimum absolute atomic E-state index is 0.00503. The third-order valence-corrected chi connectivity index (χ3v) is 3.45. The van der Waals surface area contributed by atoms with E-state index in [0.717, 1.165) is 12.6 Å². The van der Waals surface area contributed by atoms with E-state index in [2.05, 4.69) is 0 Å². The van der Waals surface area contributed by atoms with Crippen molar-refractivity contribution < 1.29 is 27.8 Å². The Morgan fingerprint density at radius 3 is 2.57 bits per heavy atom. The molecule has 0 saturated heterocycles. The molecular formula is C16H17F3NO3-. The molecule has 0 saturated carbocycles. The van der Waals surface area contributed by atoms with Gasteiger partial charge in [-0.1, -0.05) is 13.8 Å². The Labute approximate surface area is 132 Å². The largest absolute Gasteiger partial charge is 0.545 e. The number of rotatable bonds is 4. The SMILES string of the molecule is CC(C)CN(C)c1ccc2c(c1)O[C@@H](C(F)(F)F)C(C(=O)[O-])=C2. The molecule has 23 heavy (non-hydrogen) atoms. The predicted molar refractivity (Wildman–Crippen MR) is 78.0 cm³/mol. The topological polar surface area (TPSA) is 52.6 Å². The van der Waals surface area contributed by atoms with Gasteiger partial charge in [-0.2, -0.15) is 13.2 Å². The zero-order valence-corrected chi connectivity index (χ0v) is 13.0. The molecule has 0 aliphatic carbocycles. The highest BCUT2D eigenvalue weighted by Gasteiger charge is 2.46. The van der Waals surface area contributed by atoms with Gasteiger partial charge in [0.2, 0.25) is 6.10 Å². The fraction of sp³-hybridized carbons (Fsp3) is 0.438. The van der Waals surface area contributed by atoms with Crippen LogP contribution in [0.3, 0.4) is 0 Å². The molecule has 0 spiro atoms. The molecule has 1 aromatic rings. The zero-order valence-electron chi connectivity index (χ0n) is 13.0. The van der Waals surface area contributed by atoms with Crippen LogP contribution in [0.4, 0.5) is 18.9 Å². The van der Waals surface area contributed by atoms with Gasteiger partial charge >= 0.3 is 6.18 Å². The number of carbonyl (C=O) groups is 1. The lowest BCUT2D eigenvalue weighted by Gasteiger charge is -2.30. The second-order valence-electron chi connectivity index (χ2n) is 5.92. The Balaban J connectivity index is 2.40. The average Bonchev–Trinajstić information content (AvgIpc) is 2.43. The summed E-state index contributed by atoms with van der Waals surface area (Å²) in [5, 5.41) is 11.0. The monoisotopic (exact) mass is 328 g/mol. The second kappa shape index (κ2) is 6.14. The van der Waals surface area contributed by atoms with Crippen molar-refractivity contribution in [1.29, 1.82) is 0 Å². The van der Waals surface area contributed by atoms with Crippen molar-refractivity contribution in [2.75, 3.05) is 18.5 Å². The van der Waals surface area contributed by atoms with Crippen molar-refractivity contribution >= 4 is 17.7 Å². The number of ether oxygens (including phenoxy) is 1. The first kappa shape index (κ1) is 17.2. The number of carboxylic acids is 1. The number of fused-ring (bicyclic) bond motifs is 1. The van der Waals surface area contributed by atoms with Crippen LogP contribution in [-0.2, 0) is 4.79 Å². The molecule has 0 bridgehead atoms. The minimum Gasteiger partial charge on any atom is -0.545 e. The van der Waals surface area contributed by atoms with Crippen LogP contribution in [0.1, 0.15) is 19.4 Å². The van der Waals surface area contributed by atoms with Crippen molar-refractivity contribution in [3.63, 3.8) is 0 Å². The van der Waals surface area contributed by atoms with Crippen molar-refractivity contribution in [2.24, 2.45) is 5.92 Å². The quantitative estimate of drug-likeness (QED) is 0.851. The van der Waals surface area contributed by atoms with E-state index in [-0.39, 0.29) is 11.3 Å². The van der Waals surface area contributed by atoms with Crippen LogP contribution in [0.5, 0.6) is 5.75 Å². The van der Waals surface area contributed by atoms with E-state index in [9.17, 15) is 23.1 Å². The fourth-order valence-electron chi connectivity index (χ4n) is 2.48. The molecule has 0 amide bonds. The lowest BCUT2D eigenvalue weighted by molar-refractivity contribution is -0.302. The Hall–Kier alpha value is -2.18. The third-order valence-electron chi connectivity index (χ3n) is 3.45. The normalized spacial score (nSPS) is 17.3. The van der Waals surface area contributed by atoms with E-state index in [1.54, 1.807) is 6.07 Å². The Bertz CT molecular complexity index is 638. The van der Waals surface area contributed by atoms with Crippen LogP contribution in [-0.4, -0.2) is 31.8 Å². The zero-order chi connectivity index (χ0) is 17.4. The first-order chi connectivity index (χ1) is 10.6. The molecule has 0 N–H and O–H groups in total. The van der Waals surface area contributed by atoms with Crippen molar-refractivity contribution in [1.82, 2.24) is 0 Å². The van der Waals surface area contributed by atoms with Gasteiger partial charge in [-0.25, -0.2) is 0 Å². The molecule has 0 aromatic heterocycles. The van der Waals surface area contributed by atoms with Gasteiger partial charge in [0.05, 0.1) is 5.97 Å². The van der Waals surface area contributed by atoms with E-state index in [1.807, 2.05) is 25.8 Å². The summed E-state index contributed by atoms with van der Waals surface area (Å²) in [6.07, 6.45) is -6.40. The minimum atomic E-state index is -4.83. The number of alkyl halides is 3. The fourth-order valence-corrected chi connectivity index (χ4v) is 2.48. The highest BCUT2D eigenvalue weighted by Crippen LogP contribution is 2.38. The lowest BCUT2D eigenvalue weighted by Crippen LogP contribution is -2.44. The van der Waals surface area contributed by atoms with Gasteiger partial charge in [-0.15, -0.1) is 0 Å². The summed E-state index contributed by atoms with van der Waals surface area (Å²) in [6, 6.07) is 4.73. The molecule has 1 aliphatic rings. The summed E-state index contributed by atoms with van der Waals surface area (Å²) in [5.74, 6) is -1.51. The van der Waals surface area contributed by atoms with Gasteiger partial charge in [-0.3, -0.25) is 0 Å². The maximum Gasteiger partial charge on any atom is 0.429 e. The number of carboxylic acid groups (broad SMARTS) is 1. The van der Waals surface area contributed by atoms with E-state index in [0.29, 0.717) is 11.6 Å². The molecule has 1 atom stereocenters. The number of benzene rings is 1. The van der Waals surface area contributed by atoms with Crippen molar-refractivity contribution in [2.45, 2.75) is 26.1 Å². The number of anilines is 1. The molecule has 2 rings (SSSR count). The number of hydrogen-bond acceptors (Lipinski definition) is 4. The van der Waals surface area contributed by atoms with Crippen LogP contribution in [0.25, 0.3) is 6.08 Å². The van der Waals surface area contributed by atoms with Gasteiger partial charge in [-0.05, 0) is 24.1 Å². The number of nitrogens with zero attached hydrogens (tertiary/aromatic N) is 1. The van der Waals surface area contributed by atoms with Crippen LogP contribution < -0.4 is 14.7 Å². The number of aliphatic carboxylic acids is 1.